The minimum Gasteiger partial charge on any atom is -0.347 e. The molecular weight excluding hydrogens is 344 g/mol. The third-order valence-electron chi connectivity index (χ3n) is 3.14. The first kappa shape index (κ1) is 17.0. The Labute approximate surface area is 138 Å². The summed E-state index contributed by atoms with van der Waals surface area (Å²) in [5, 5.41) is 4.90. The monoisotopic (exact) mass is 358 g/mol. The van der Waals surface area contributed by atoms with E-state index in [2.05, 4.69) is 10.0 Å². The van der Waals surface area contributed by atoms with Crippen molar-refractivity contribution in [2.75, 3.05) is 7.05 Å². The molecule has 1 aromatic carbocycles. The lowest BCUT2D eigenvalue weighted by atomic mass is 10.2. The molecule has 5 nitrogen and oxygen atoms in total. The topological polar surface area (TPSA) is 75.3 Å². The fourth-order valence-electron chi connectivity index (χ4n) is 1.80. The summed E-state index contributed by atoms with van der Waals surface area (Å²) in [4.78, 5) is 13.3. The summed E-state index contributed by atoms with van der Waals surface area (Å²) in [7, 11) is -2.31. The molecule has 0 bridgehead atoms. The molecule has 0 aliphatic heterocycles. The fourth-order valence-corrected chi connectivity index (χ4v) is 3.61. The maximum Gasteiger partial charge on any atom is 0.253 e. The van der Waals surface area contributed by atoms with Gasteiger partial charge in [-0.25, -0.2) is 13.1 Å². The zero-order valence-electron chi connectivity index (χ0n) is 12.0. The predicted molar refractivity (Wildman–Crippen MR) is 87.9 cm³/mol. The van der Waals surface area contributed by atoms with Gasteiger partial charge in [0.25, 0.3) is 5.91 Å². The summed E-state index contributed by atoms with van der Waals surface area (Å²) < 4.78 is 25.8. The Morgan fingerprint density at radius 2 is 2.05 bits per heavy atom. The van der Waals surface area contributed by atoms with Gasteiger partial charge in [-0.2, -0.15) is 0 Å². The van der Waals surface area contributed by atoms with Crippen LogP contribution in [0.15, 0.2) is 34.5 Å². The van der Waals surface area contributed by atoms with E-state index in [1.165, 1.54) is 25.2 Å². The van der Waals surface area contributed by atoms with Crippen molar-refractivity contribution in [2.45, 2.75) is 18.4 Å². The molecule has 0 aliphatic carbocycles. The summed E-state index contributed by atoms with van der Waals surface area (Å²) in [6, 6.07) is 6.00. The van der Waals surface area contributed by atoms with Crippen LogP contribution in [0.4, 0.5) is 0 Å². The quantitative estimate of drug-likeness (QED) is 0.862. The Bertz CT molecular complexity index is 800. The van der Waals surface area contributed by atoms with Crippen molar-refractivity contribution in [3.8, 4) is 0 Å². The molecular formula is C14H15ClN2O3S2. The molecule has 0 spiro atoms. The summed E-state index contributed by atoms with van der Waals surface area (Å²) in [6.45, 7) is 2.34. The highest BCUT2D eigenvalue weighted by Gasteiger charge is 2.17. The maximum absolute atomic E-state index is 12.2. The zero-order chi connectivity index (χ0) is 16.3. The summed E-state index contributed by atoms with van der Waals surface area (Å²) in [6.07, 6.45) is 0. The number of halogens is 1. The molecule has 1 heterocycles. The van der Waals surface area contributed by atoms with Crippen molar-refractivity contribution in [3.63, 3.8) is 0 Å². The molecule has 118 valence electrons. The van der Waals surface area contributed by atoms with E-state index in [9.17, 15) is 13.2 Å². The largest absolute Gasteiger partial charge is 0.347 e. The molecule has 0 saturated carbocycles. The second-order valence-corrected chi connectivity index (χ2v) is 7.85. The summed E-state index contributed by atoms with van der Waals surface area (Å²) >= 11 is 7.55. The highest BCUT2D eigenvalue weighted by atomic mass is 35.5. The first-order valence-corrected chi connectivity index (χ1v) is 9.13. The minimum absolute atomic E-state index is 0.00291. The molecule has 2 aromatic rings. The van der Waals surface area contributed by atoms with Gasteiger partial charge in [-0.05, 0) is 49.2 Å². The number of aryl methyl sites for hydroxylation is 1. The molecule has 2 N–H and O–H groups in total. The smallest absolute Gasteiger partial charge is 0.253 e. The van der Waals surface area contributed by atoms with E-state index in [-0.39, 0.29) is 15.5 Å². The van der Waals surface area contributed by atoms with Gasteiger partial charge in [0.05, 0.1) is 22.0 Å². The molecule has 0 aliphatic rings. The van der Waals surface area contributed by atoms with Gasteiger partial charge in [0.1, 0.15) is 0 Å². The van der Waals surface area contributed by atoms with Crippen LogP contribution < -0.4 is 10.0 Å². The van der Waals surface area contributed by atoms with Gasteiger partial charge in [0.2, 0.25) is 10.0 Å². The molecule has 0 fully saturated rings. The standard InChI is InChI=1S/C14H15ClN2O3S2/c1-9-5-6-21-13(9)8-17-14(18)11-7-10(3-4-12(11)15)22(19,20)16-2/h3-7,16H,8H2,1-2H3,(H,17,18). The van der Waals surface area contributed by atoms with E-state index in [1.807, 2.05) is 18.4 Å². The number of rotatable bonds is 5. The first-order valence-electron chi connectivity index (χ1n) is 6.39. The average molecular weight is 359 g/mol. The zero-order valence-corrected chi connectivity index (χ0v) is 14.4. The highest BCUT2D eigenvalue weighted by molar-refractivity contribution is 7.89. The number of benzene rings is 1. The number of thiophene rings is 1. The summed E-state index contributed by atoms with van der Waals surface area (Å²) in [5.41, 5.74) is 1.23. The second kappa shape index (κ2) is 6.78. The number of nitrogens with one attached hydrogen (secondary N) is 2. The van der Waals surface area contributed by atoms with Crippen molar-refractivity contribution in [2.24, 2.45) is 0 Å². The number of sulfonamides is 1. The van der Waals surface area contributed by atoms with E-state index >= 15 is 0 Å². The molecule has 0 atom stereocenters. The average Bonchev–Trinajstić information content (AvgIpc) is 2.90. The van der Waals surface area contributed by atoms with Crippen LogP contribution in [0.2, 0.25) is 5.02 Å². The Hall–Kier alpha value is -1.41. The van der Waals surface area contributed by atoms with Crippen LogP contribution in [0.25, 0.3) is 0 Å². The van der Waals surface area contributed by atoms with Crippen LogP contribution in [0, 0.1) is 6.92 Å². The van der Waals surface area contributed by atoms with Gasteiger partial charge in [-0.15, -0.1) is 11.3 Å². The van der Waals surface area contributed by atoms with Crippen LogP contribution >= 0.6 is 22.9 Å². The Kier molecular flexibility index (Phi) is 5.23. The third kappa shape index (κ3) is 3.67. The van der Waals surface area contributed by atoms with Crippen molar-refractivity contribution < 1.29 is 13.2 Å². The van der Waals surface area contributed by atoms with Crippen LogP contribution in [-0.2, 0) is 16.6 Å². The highest BCUT2D eigenvalue weighted by Crippen LogP contribution is 2.21. The van der Waals surface area contributed by atoms with Crippen molar-refractivity contribution in [3.05, 3.63) is 50.7 Å². The molecule has 8 heteroatoms. The maximum atomic E-state index is 12.2. The fraction of sp³-hybridized carbons (Fsp3) is 0.214. The lowest BCUT2D eigenvalue weighted by molar-refractivity contribution is 0.0951. The van der Waals surface area contributed by atoms with Crippen molar-refractivity contribution >= 4 is 38.9 Å². The van der Waals surface area contributed by atoms with E-state index in [4.69, 9.17) is 11.6 Å². The molecule has 1 amide bonds. The van der Waals surface area contributed by atoms with E-state index in [1.54, 1.807) is 11.3 Å². The summed E-state index contributed by atoms with van der Waals surface area (Å²) in [5.74, 6) is -0.411. The SMILES string of the molecule is CNS(=O)(=O)c1ccc(Cl)c(C(=O)NCc2sccc2C)c1. The predicted octanol–water partition coefficient (Wildman–Crippen LogP) is 2.55. The van der Waals surface area contributed by atoms with Crippen molar-refractivity contribution in [1.29, 1.82) is 0 Å². The van der Waals surface area contributed by atoms with E-state index in [0.717, 1.165) is 10.4 Å². The number of hydrogen-bond donors (Lipinski definition) is 2. The Morgan fingerprint density at radius 3 is 2.64 bits per heavy atom. The van der Waals surface area contributed by atoms with Crippen molar-refractivity contribution in [1.82, 2.24) is 10.0 Å². The third-order valence-corrected chi connectivity index (χ3v) is 5.90. The Balaban J connectivity index is 2.22. The molecule has 2 rings (SSSR count). The number of amides is 1. The van der Waals surface area contributed by atoms with E-state index in [0.29, 0.717) is 6.54 Å². The van der Waals surface area contributed by atoms with Gasteiger partial charge in [-0.3, -0.25) is 4.79 Å². The van der Waals surface area contributed by atoms with Crippen LogP contribution in [0.5, 0.6) is 0 Å². The van der Waals surface area contributed by atoms with E-state index < -0.39 is 15.9 Å². The molecule has 0 unspecified atom stereocenters. The van der Waals surface area contributed by atoms with Crippen LogP contribution in [0.1, 0.15) is 20.8 Å². The van der Waals surface area contributed by atoms with Crippen LogP contribution in [0.3, 0.4) is 0 Å². The molecule has 1 aromatic heterocycles. The van der Waals surface area contributed by atoms with Gasteiger partial charge in [0, 0.05) is 4.88 Å². The lowest BCUT2D eigenvalue weighted by Crippen LogP contribution is -2.24. The van der Waals surface area contributed by atoms with Gasteiger partial charge in [0.15, 0.2) is 0 Å². The lowest BCUT2D eigenvalue weighted by Gasteiger charge is -2.09. The number of carbonyl (C=O) groups is 1. The number of hydrogen-bond acceptors (Lipinski definition) is 4. The minimum atomic E-state index is -3.62. The Morgan fingerprint density at radius 1 is 1.32 bits per heavy atom. The van der Waals surface area contributed by atoms with Gasteiger partial charge >= 0.3 is 0 Å². The van der Waals surface area contributed by atoms with Crippen LogP contribution in [-0.4, -0.2) is 21.4 Å². The van der Waals surface area contributed by atoms with Gasteiger partial charge in [-0.1, -0.05) is 11.6 Å². The molecule has 22 heavy (non-hydrogen) atoms. The normalized spacial score (nSPS) is 11.4. The van der Waals surface area contributed by atoms with Gasteiger partial charge < -0.3 is 5.32 Å². The second-order valence-electron chi connectivity index (χ2n) is 4.56. The molecule has 0 radical (unpaired) electrons. The molecule has 0 saturated heterocycles. The number of carbonyl (C=O) groups excluding carboxylic acids is 1. The first-order chi connectivity index (χ1) is 10.3.